The lowest BCUT2D eigenvalue weighted by Crippen LogP contribution is -2.08. The summed E-state index contributed by atoms with van der Waals surface area (Å²) in [6, 6.07) is 19.1. The Morgan fingerprint density at radius 2 is 1.57 bits per heavy atom. The number of hydrogen-bond acceptors (Lipinski definition) is 3. The molecule has 0 radical (unpaired) electrons. The second-order valence-corrected chi connectivity index (χ2v) is 4.83. The van der Waals surface area contributed by atoms with Gasteiger partial charge < -0.3 is 4.57 Å². The molecule has 0 bridgehead atoms. The maximum atomic E-state index is 12.2. The van der Waals surface area contributed by atoms with Crippen molar-refractivity contribution in [2.24, 2.45) is 7.05 Å². The smallest absolute Gasteiger partial charge is 0.170 e. The standard InChI is InChI=1S/C17H15N3O/c1-20-16(12-15(21)13-8-4-2-5-9-13)18-19-17(20)14-10-6-3-7-11-14/h2-11H,12H2,1H3. The molecule has 0 amide bonds. The first kappa shape index (κ1) is 13.2. The van der Waals surface area contributed by atoms with Crippen molar-refractivity contribution in [1.29, 1.82) is 0 Å². The zero-order valence-corrected chi connectivity index (χ0v) is 11.7. The van der Waals surface area contributed by atoms with Gasteiger partial charge in [-0.15, -0.1) is 10.2 Å². The van der Waals surface area contributed by atoms with Crippen LogP contribution in [0.25, 0.3) is 11.4 Å². The summed E-state index contributed by atoms with van der Waals surface area (Å²) in [7, 11) is 1.88. The van der Waals surface area contributed by atoms with E-state index < -0.39 is 0 Å². The average molecular weight is 277 g/mol. The Kier molecular flexibility index (Phi) is 3.60. The highest BCUT2D eigenvalue weighted by Crippen LogP contribution is 2.17. The first-order valence-corrected chi connectivity index (χ1v) is 6.77. The molecule has 3 aromatic rings. The molecule has 0 atom stereocenters. The van der Waals surface area contributed by atoms with E-state index in [0.29, 0.717) is 11.4 Å². The molecule has 0 aliphatic heterocycles. The molecule has 0 aliphatic rings. The van der Waals surface area contributed by atoms with Crippen LogP contribution < -0.4 is 0 Å². The van der Waals surface area contributed by atoms with E-state index in [9.17, 15) is 4.79 Å². The third kappa shape index (κ3) is 2.74. The van der Waals surface area contributed by atoms with Crippen LogP contribution in [0.5, 0.6) is 0 Å². The van der Waals surface area contributed by atoms with E-state index >= 15 is 0 Å². The van der Waals surface area contributed by atoms with Gasteiger partial charge in [0.25, 0.3) is 0 Å². The van der Waals surface area contributed by atoms with Gasteiger partial charge in [-0.05, 0) is 0 Å². The molecule has 2 aromatic carbocycles. The summed E-state index contributed by atoms with van der Waals surface area (Å²) in [6.45, 7) is 0. The fourth-order valence-electron chi connectivity index (χ4n) is 2.22. The van der Waals surface area contributed by atoms with E-state index in [1.54, 1.807) is 0 Å². The molecule has 4 heteroatoms. The van der Waals surface area contributed by atoms with E-state index in [2.05, 4.69) is 10.2 Å². The van der Waals surface area contributed by atoms with Gasteiger partial charge in [-0.25, -0.2) is 0 Å². The Bertz CT molecular complexity index is 748. The lowest BCUT2D eigenvalue weighted by molar-refractivity contribution is 0.0990. The maximum absolute atomic E-state index is 12.2. The molecule has 1 aromatic heterocycles. The van der Waals surface area contributed by atoms with E-state index in [1.165, 1.54) is 0 Å². The third-order valence-corrected chi connectivity index (χ3v) is 3.41. The summed E-state index contributed by atoms with van der Waals surface area (Å²) in [4.78, 5) is 12.2. The monoisotopic (exact) mass is 277 g/mol. The Hall–Kier alpha value is -2.75. The van der Waals surface area contributed by atoms with Gasteiger partial charge in [-0.3, -0.25) is 4.79 Å². The molecule has 21 heavy (non-hydrogen) atoms. The van der Waals surface area contributed by atoms with Crippen LogP contribution in [0.3, 0.4) is 0 Å². The van der Waals surface area contributed by atoms with Crippen molar-refractivity contribution < 1.29 is 4.79 Å². The number of rotatable bonds is 4. The van der Waals surface area contributed by atoms with E-state index in [4.69, 9.17) is 0 Å². The van der Waals surface area contributed by atoms with Crippen LogP contribution >= 0.6 is 0 Å². The highest BCUT2D eigenvalue weighted by Gasteiger charge is 2.14. The molecule has 0 spiro atoms. The SMILES string of the molecule is Cn1c(CC(=O)c2ccccc2)nnc1-c1ccccc1. The zero-order valence-electron chi connectivity index (χ0n) is 11.7. The summed E-state index contributed by atoms with van der Waals surface area (Å²) in [6.07, 6.45) is 0.250. The molecule has 0 N–H and O–H groups in total. The van der Waals surface area contributed by atoms with E-state index in [1.807, 2.05) is 72.3 Å². The Morgan fingerprint density at radius 3 is 2.24 bits per heavy atom. The Labute approximate surface area is 123 Å². The number of carbonyl (C=O) groups is 1. The number of aromatic nitrogens is 3. The molecule has 1 heterocycles. The number of Topliss-reactive ketones (excluding diaryl/α,β-unsaturated/α-hetero) is 1. The summed E-state index contributed by atoms with van der Waals surface area (Å²) in [5.74, 6) is 1.49. The van der Waals surface area contributed by atoms with Crippen molar-refractivity contribution in [3.8, 4) is 11.4 Å². The van der Waals surface area contributed by atoms with Crippen molar-refractivity contribution >= 4 is 5.78 Å². The quantitative estimate of drug-likeness (QED) is 0.689. The van der Waals surface area contributed by atoms with Gasteiger partial charge in [0.15, 0.2) is 11.6 Å². The molecular weight excluding hydrogens is 262 g/mol. The van der Waals surface area contributed by atoms with Crippen molar-refractivity contribution in [2.75, 3.05) is 0 Å². The second-order valence-electron chi connectivity index (χ2n) is 4.83. The Balaban J connectivity index is 1.85. The fraction of sp³-hybridized carbons (Fsp3) is 0.118. The molecule has 0 saturated heterocycles. The lowest BCUT2D eigenvalue weighted by atomic mass is 10.1. The van der Waals surface area contributed by atoms with Gasteiger partial charge in [0.05, 0.1) is 6.42 Å². The predicted octanol–water partition coefficient (Wildman–Crippen LogP) is 2.91. The second kappa shape index (κ2) is 5.71. The van der Waals surface area contributed by atoms with Crippen molar-refractivity contribution in [2.45, 2.75) is 6.42 Å². The zero-order chi connectivity index (χ0) is 14.7. The van der Waals surface area contributed by atoms with Gasteiger partial charge in [-0.1, -0.05) is 60.7 Å². The van der Waals surface area contributed by atoms with Gasteiger partial charge in [0.1, 0.15) is 5.82 Å². The highest BCUT2D eigenvalue weighted by molar-refractivity contribution is 5.97. The molecule has 0 fully saturated rings. The summed E-state index contributed by atoms with van der Waals surface area (Å²) >= 11 is 0. The van der Waals surface area contributed by atoms with Crippen LogP contribution in [0, 0.1) is 0 Å². The molecule has 0 saturated carbocycles. The Morgan fingerprint density at radius 1 is 0.952 bits per heavy atom. The number of ketones is 1. The third-order valence-electron chi connectivity index (χ3n) is 3.41. The first-order valence-electron chi connectivity index (χ1n) is 6.77. The molecular formula is C17H15N3O. The van der Waals surface area contributed by atoms with Gasteiger partial charge in [0, 0.05) is 18.2 Å². The average Bonchev–Trinajstić information content (AvgIpc) is 2.90. The topological polar surface area (TPSA) is 47.8 Å². The molecule has 4 nitrogen and oxygen atoms in total. The highest BCUT2D eigenvalue weighted by atomic mass is 16.1. The molecule has 104 valence electrons. The van der Waals surface area contributed by atoms with Crippen LogP contribution in [-0.2, 0) is 13.5 Å². The summed E-state index contributed by atoms with van der Waals surface area (Å²) in [5.41, 5.74) is 1.69. The van der Waals surface area contributed by atoms with Crippen LogP contribution in [-0.4, -0.2) is 20.5 Å². The number of nitrogens with zero attached hydrogens (tertiary/aromatic N) is 3. The van der Waals surface area contributed by atoms with E-state index in [-0.39, 0.29) is 12.2 Å². The van der Waals surface area contributed by atoms with Crippen LogP contribution in [0.15, 0.2) is 60.7 Å². The minimum Gasteiger partial charge on any atom is -0.314 e. The predicted molar refractivity (Wildman–Crippen MR) is 80.9 cm³/mol. The molecule has 0 aliphatic carbocycles. The van der Waals surface area contributed by atoms with Gasteiger partial charge in [0.2, 0.25) is 0 Å². The van der Waals surface area contributed by atoms with Gasteiger partial charge in [-0.2, -0.15) is 0 Å². The summed E-state index contributed by atoms with van der Waals surface area (Å²) in [5, 5.41) is 8.34. The van der Waals surface area contributed by atoms with Crippen LogP contribution in [0.4, 0.5) is 0 Å². The number of benzene rings is 2. The molecule has 3 rings (SSSR count). The largest absolute Gasteiger partial charge is 0.314 e. The fourth-order valence-corrected chi connectivity index (χ4v) is 2.22. The van der Waals surface area contributed by atoms with Crippen molar-refractivity contribution in [1.82, 2.24) is 14.8 Å². The van der Waals surface area contributed by atoms with Crippen LogP contribution in [0.2, 0.25) is 0 Å². The van der Waals surface area contributed by atoms with Crippen molar-refractivity contribution in [3.05, 3.63) is 72.1 Å². The molecule has 0 unspecified atom stereocenters. The summed E-state index contributed by atoms with van der Waals surface area (Å²) < 4.78 is 1.87. The normalized spacial score (nSPS) is 10.5. The number of carbonyl (C=O) groups excluding carboxylic acids is 1. The first-order chi connectivity index (χ1) is 10.3. The van der Waals surface area contributed by atoms with Crippen LogP contribution in [0.1, 0.15) is 16.2 Å². The van der Waals surface area contributed by atoms with Gasteiger partial charge >= 0.3 is 0 Å². The van der Waals surface area contributed by atoms with E-state index in [0.717, 1.165) is 11.4 Å². The number of hydrogen-bond donors (Lipinski definition) is 0. The van der Waals surface area contributed by atoms with Crippen molar-refractivity contribution in [3.63, 3.8) is 0 Å². The minimum atomic E-state index is 0.0470. The lowest BCUT2D eigenvalue weighted by Gasteiger charge is -2.04. The minimum absolute atomic E-state index is 0.0470. The maximum Gasteiger partial charge on any atom is 0.170 e.